The van der Waals surface area contributed by atoms with Gasteiger partial charge in [0.2, 0.25) is 0 Å². The molecule has 16 rings (SSSR count). The Morgan fingerprint density at radius 2 is 0.765 bits per heavy atom. The smallest absolute Gasteiger partial charge is 0.433 e. The molecule has 4 aliphatic rings. The number of amides is 4. The molecule has 616 valence electrons. The maximum atomic E-state index is 13.2. The van der Waals surface area contributed by atoms with Crippen LogP contribution in [0, 0.1) is 56.5 Å². The minimum Gasteiger partial charge on any atom is -0.444 e. The van der Waals surface area contributed by atoms with Gasteiger partial charge in [0, 0.05) is 160 Å². The van der Waals surface area contributed by atoms with Gasteiger partial charge in [0.15, 0.2) is 16.2 Å². The Morgan fingerprint density at radius 1 is 0.420 bits per heavy atom. The van der Waals surface area contributed by atoms with Gasteiger partial charge in [-0.15, -0.1) is 11.3 Å². The van der Waals surface area contributed by atoms with Gasteiger partial charge in [-0.25, -0.2) is 0 Å². The van der Waals surface area contributed by atoms with Gasteiger partial charge in [-0.3, -0.25) is 94.0 Å². The largest absolute Gasteiger partial charge is 0.444 e. The van der Waals surface area contributed by atoms with Crippen LogP contribution in [0.2, 0.25) is 0 Å². The molecule has 12 heterocycles. The number of nitrogens with one attached hydrogen (secondary N) is 1. The number of H-pyrrole nitrogens is 1. The average Bonchev–Trinajstić information content (AvgIpc) is 1.38. The number of hydrogen-bond donors (Lipinski definition) is 1. The van der Waals surface area contributed by atoms with Crippen LogP contribution in [0.3, 0.4) is 0 Å². The lowest BCUT2D eigenvalue weighted by molar-refractivity contribution is -0.402. The molecule has 0 bridgehead atoms. The van der Waals surface area contributed by atoms with E-state index >= 15 is 0 Å². The highest BCUT2D eigenvalue weighted by molar-refractivity contribution is 9.10. The fourth-order valence-electron chi connectivity index (χ4n) is 15.2. The van der Waals surface area contributed by atoms with Crippen molar-refractivity contribution in [2.75, 3.05) is 124 Å². The highest BCUT2D eigenvalue weighted by Gasteiger charge is 2.38. The van der Waals surface area contributed by atoms with Gasteiger partial charge >= 0.3 is 50.9 Å². The minimum absolute atomic E-state index is 0.0265. The summed E-state index contributed by atoms with van der Waals surface area (Å²) in [4.78, 5) is 171. The van der Waals surface area contributed by atoms with Gasteiger partial charge in [0.1, 0.15) is 33.4 Å². The number of aromatic nitrogens is 6. The maximum absolute atomic E-state index is 13.2. The molecular weight excluding hydrogens is 1630 g/mol. The molecule has 0 atom stereocenters. The zero-order valence-corrected chi connectivity index (χ0v) is 66.9. The van der Waals surface area contributed by atoms with Gasteiger partial charge in [-0.05, 0) is 81.8 Å². The van der Waals surface area contributed by atoms with E-state index in [-0.39, 0.29) is 67.0 Å². The summed E-state index contributed by atoms with van der Waals surface area (Å²) in [7, 11) is 4.54. The molecule has 4 fully saturated rings. The number of aromatic amines is 1. The molecule has 4 aliphatic heterocycles. The van der Waals surface area contributed by atoms with Crippen molar-refractivity contribution in [2.45, 2.75) is 20.4 Å². The minimum atomic E-state index is -0.727. The van der Waals surface area contributed by atoms with Crippen molar-refractivity contribution in [3.05, 3.63) is 270 Å². The third kappa shape index (κ3) is 16.7. The Labute approximate surface area is 684 Å². The number of piperazine rings is 4. The summed E-state index contributed by atoms with van der Waals surface area (Å²) in [6.07, 6.45) is 1.51. The second-order valence-corrected chi connectivity index (χ2v) is 30.1. The van der Waals surface area contributed by atoms with Crippen LogP contribution in [0.5, 0.6) is 0 Å². The van der Waals surface area contributed by atoms with E-state index in [2.05, 4.69) is 26.1 Å². The van der Waals surface area contributed by atoms with Crippen LogP contribution in [0.15, 0.2) is 184 Å². The fraction of sp³-hybridized carbons (Fsp3) is 0.295. The van der Waals surface area contributed by atoms with Crippen molar-refractivity contribution in [1.82, 2.24) is 48.1 Å². The standard InChI is InChI=1S/C22H24N4O4S.C19H17BrN4O5.C19H17N5O7.C18H18N6O4/c1-15(2)14-25-17-7-4-3-6-16(17)19(20(22(25)28)26(29)30)23-9-11-24(12-10-23)21(27)18-8-5-13-31-18;1-21-13-5-3-2-4-12(13)16(17(19(21)26)24(27)28)22-8-10-23(11-9-22)18(25)14-6-7-15(20)29-14;1-20-13-5-3-2-4-12(13)16(17(19(20)26)24(29)30)21-8-10-22(11-9-21)18(25)14-6-7-15(31-14)23(27)28;1-21-14-5-3-2-4-12(14)15(16(18(21)26)24(27)28)22-8-10-23(11-9-22)17(25)13-6-7-19-20-13/h3-8,13,15H,9-12,14H2,1-2H3;2-7H,8-11H2,1H3;2-7H,8-11H2,1H3;2-7H,8-11H2,1H3,(H,19,20). The summed E-state index contributed by atoms with van der Waals surface area (Å²) in [5.41, 5.74) is -0.248. The Hall–Kier alpha value is -14.3. The first kappa shape index (κ1) is 82.7. The number of thiophene rings is 1. The van der Waals surface area contributed by atoms with Crippen molar-refractivity contribution < 1.29 is 52.6 Å². The Bertz CT molecular complexity index is 6240. The van der Waals surface area contributed by atoms with Gasteiger partial charge in [-0.2, -0.15) is 5.10 Å². The normalized spacial score (nSPS) is 14.3. The predicted octanol–water partition coefficient (Wildman–Crippen LogP) is 9.40. The lowest BCUT2D eigenvalue weighted by Crippen LogP contribution is -2.49. The number of nitro groups is 5. The summed E-state index contributed by atoms with van der Waals surface area (Å²) in [5.74, 6) is -1.21. The first-order chi connectivity index (χ1) is 57.0. The number of nitrogens with zero attached hydrogens (tertiary/aromatic N) is 18. The molecule has 4 amide bonds. The number of halogens is 1. The quantitative estimate of drug-likeness (QED) is 0.0737. The fourth-order valence-corrected chi connectivity index (χ4v) is 16.2. The highest BCUT2D eigenvalue weighted by Crippen LogP contribution is 2.39. The van der Waals surface area contributed by atoms with Gasteiger partial charge in [0.05, 0.1) is 52.7 Å². The van der Waals surface area contributed by atoms with Gasteiger partial charge in [-0.1, -0.05) is 92.7 Å². The third-order valence-corrected chi connectivity index (χ3v) is 22.2. The van der Waals surface area contributed by atoms with Crippen LogP contribution in [-0.4, -0.2) is 201 Å². The molecule has 4 saturated heterocycles. The number of hydrogen-bond acceptors (Lipinski definition) is 26. The SMILES string of the molecule is CC(C)Cn1c(=O)c([N+](=O)[O-])c(N2CCN(C(=O)c3cccs3)CC2)c2ccccc21.Cn1c(=O)c([N+](=O)[O-])c(N2CCN(C(=O)c3ccc(Br)o3)CC2)c2ccccc21.Cn1c(=O)c([N+](=O)[O-])c(N2CCN(C(=O)c3ccc([N+](=O)[O-])o3)CC2)c2ccccc21.Cn1c(=O)c([N+](=O)[O-])c(N2CCN(C(=O)c3ccn[nH]3)CC2)c2ccccc21. The van der Waals surface area contributed by atoms with Crippen LogP contribution in [0.25, 0.3) is 43.6 Å². The maximum Gasteiger partial charge on any atom is 0.433 e. The number of carbonyl (C=O) groups excluding carboxylic acids is 4. The molecule has 4 aromatic carbocycles. The number of benzene rings is 4. The summed E-state index contributed by atoms with van der Waals surface area (Å²) in [5, 5.41) is 68.7. The van der Waals surface area contributed by atoms with Crippen molar-refractivity contribution in [1.29, 1.82) is 0 Å². The van der Waals surface area contributed by atoms with E-state index in [4.69, 9.17) is 8.83 Å². The number of anilines is 4. The molecule has 0 aliphatic carbocycles. The molecule has 8 aromatic heterocycles. The number of carbonyl (C=O) groups is 4. The van der Waals surface area contributed by atoms with E-state index in [1.54, 1.807) is 117 Å². The molecule has 0 spiro atoms. The van der Waals surface area contributed by atoms with Crippen LogP contribution < -0.4 is 41.8 Å². The third-order valence-electron chi connectivity index (χ3n) is 20.9. The van der Waals surface area contributed by atoms with E-state index in [1.807, 2.05) is 64.3 Å². The number of fused-ring (bicyclic) bond motifs is 4. The van der Waals surface area contributed by atoms with Crippen molar-refractivity contribution in [3.63, 3.8) is 0 Å². The second-order valence-electron chi connectivity index (χ2n) is 28.4. The lowest BCUT2D eigenvalue weighted by Gasteiger charge is -2.36. The Morgan fingerprint density at radius 3 is 1.09 bits per heavy atom. The van der Waals surface area contributed by atoms with Crippen LogP contribution >= 0.6 is 27.3 Å². The number of aryl methyl sites for hydroxylation is 3. The van der Waals surface area contributed by atoms with E-state index in [0.29, 0.717) is 161 Å². The topological polar surface area (TPSA) is 453 Å². The number of pyridine rings is 4. The van der Waals surface area contributed by atoms with E-state index in [0.717, 1.165) is 6.07 Å². The molecule has 0 radical (unpaired) electrons. The van der Waals surface area contributed by atoms with Gasteiger partial charge < -0.3 is 66.3 Å². The van der Waals surface area contributed by atoms with E-state index in [9.17, 15) is 88.9 Å². The second kappa shape index (κ2) is 35.1. The number of para-hydroxylation sites is 4. The highest BCUT2D eigenvalue weighted by atomic mass is 79.9. The molecule has 0 saturated carbocycles. The van der Waals surface area contributed by atoms with Crippen LogP contribution in [0.1, 0.15) is 55.1 Å². The molecule has 119 heavy (non-hydrogen) atoms. The summed E-state index contributed by atoms with van der Waals surface area (Å²) < 4.78 is 16.1. The van der Waals surface area contributed by atoms with E-state index in [1.165, 1.54) is 67.9 Å². The summed E-state index contributed by atoms with van der Waals surface area (Å²) in [6, 6.07) is 39.3. The molecule has 1 N–H and O–H groups in total. The summed E-state index contributed by atoms with van der Waals surface area (Å²) >= 11 is 4.58. The average molecular weight is 1710 g/mol. The first-order valence-electron chi connectivity index (χ1n) is 37.3. The van der Waals surface area contributed by atoms with Crippen molar-refractivity contribution >= 4 is 146 Å². The molecule has 39 nitrogen and oxygen atoms in total. The first-order valence-corrected chi connectivity index (χ1v) is 39.0. The molecule has 0 unspecified atom stereocenters. The van der Waals surface area contributed by atoms with Gasteiger partial charge in [0.25, 0.3) is 23.6 Å². The molecule has 12 aromatic rings. The molecule has 41 heteroatoms. The number of rotatable bonds is 15. The zero-order valence-electron chi connectivity index (χ0n) is 64.5. The zero-order chi connectivity index (χ0) is 84.9. The van der Waals surface area contributed by atoms with E-state index < -0.39 is 81.4 Å². The lowest BCUT2D eigenvalue weighted by atomic mass is 10.1. The van der Waals surface area contributed by atoms with Crippen molar-refractivity contribution in [2.24, 2.45) is 27.1 Å². The summed E-state index contributed by atoms with van der Waals surface area (Å²) in [6.45, 7) is 9.99. The van der Waals surface area contributed by atoms with Crippen molar-refractivity contribution in [3.8, 4) is 0 Å². The van der Waals surface area contributed by atoms with Crippen LogP contribution in [0.4, 0.5) is 51.4 Å². The Balaban J connectivity index is 0.000000137. The Kier molecular flexibility index (Phi) is 24.4. The monoisotopic (exact) mass is 1710 g/mol. The molecular formula is C78H76BrN19O20S. The number of furan rings is 2. The predicted molar refractivity (Wildman–Crippen MR) is 444 cm³/mol. The van der Waals surface area contributed by atoms with Crippen LogP contribution in [-0.2, 0) is 27.7 Å².